The zero-order chi connectivity index (χ0) is 20.5. The van der Waals surface area contributed by atoms with Gasteiger partial charge in [-0.2, -0.15) is 5.26 Å². The summed E-state index contributed by atoms with van der Waals surface area (Å²) in [6, 6.07) is 12.4. The van der Waals surface area contributed by atoms with Gasteiger partial charge in [-0.3, -0.25) is 4.98 Å². The Morgan fingerprint density at radius 1 is 1.07 bits per heavy atom. The van der Waals surface area contributed by atoms with Gasteiger partial charge in [0, 0.05) is 11.1 Å². The third kappa shape index (κ3) is 3.32. The number of hydrogen-bond acceptors (Lipinski definition) is 6. The van der Waals surface area contributed by atoms with Crippen molar-refractivity contribution < 1.29 is 12.8 Å². The van der Waals surface area contributed by atoms with Gasteiger partial charge in [-0.15, -0.1) is 0 Å². The molecule has 0 atom stereocenters. The Morgan fingerprint density at radius 2 is 1.79 bits per heavy atom. The second-order valence-electron chi connectivity index (χ2n) is 6.64. The van der Waals surface area contributed by atoms with Gasteiger partial charge in [0.1, 0.15) is 11.6 Å². The van der Waals surface area contributed by atoms with Crippen LogP contribution >= 0.6 is 0 Å². The smallest absolute Gasteiger partial charge is 0.197 e. The average molecular weight is 396 g/mol. The van der Waals surface area contributed by atoms with Crippen molar-refractivity contribution in [1.29, 1.82) is 5.26 Å². The first-order valence-electron chi connectivity index (χ1n) is 8.30. The van der Waals surface area contributed by atoms with Crippen LogP contribution in [0.3, 0.4) is 0 Å². The van der Waals surface area contributed by atoms with Crippen LogP contribution in [0.5, 0.6) is 0 Å². The lowest BCUT2D eigenvalue weighted by molar-refractivity contribution is 0.574. The molecule has 6 nitrogen and oxygen atoms in total. The van der Waals surface area contributed by atoms with Gasteiger partial charge >= 0.3 is 0 Å². The highest BCUT2D eigenvalue weighted by molar-refractivity contribution is 7.93. The van der Waals surface area contributed by atoms with E-state index in [9.17, 15) is 18.1 Å². The van der Waals surface area contributed by atoms with Crippen molar-refractivity contribution in [3.05, 3.63) is 60.7 Å². The third-order valence-corrected chi connectivity index (χ3v) is 6.72. The van der Waals surface area contributed by atoms with Crippen LogP contribution in [0.4, 0.5) is 10.2 Å². The molecule has 0 aliphatic carbocycles. The summed E-state index contributed by atoms with van der Waals surface area (Å²) >= 11 is 0. The Balaban J connectivity index is 2.13. The van der Waals surface area contributed by atoms with Crippen LogP contribution < -0.4 is 5.73 Å². The van der Waals surface area contributed by atoms with Gasteiger partial charge in [0.05, 0.1) is 29.1 Å². The summed E-state index contributed by atoms with van der Waals surface area (Å²) in [4.78, 5) is 7.92. The molecule has 0 fully saturated rings. The minimum absolute atomic E-state index is 0.0269. The molecule has 0 aliphatic heterocycles. The van der Waals surface area contributed by atoms with E-state index in [-0.39, 0.29) is 16.3 Å². The summed E-state index contributed by atoms with van der Waals surface area (Å²) in [6.45, 7) is 2.67. The van der Waals surface area contributed by atoms with Crippen LogP contribution in [0, 0.1) is 17.1 Å². The van der Waals surface area contributed by atoms with E-state index in [0.29, 0.717) is 16.8 Å². The molecule has 142 valence electrons. The number of hydrogen-bond donors (Lipinski definition) is 1. The maximum atomic E-state index is 14.7. The molecule has 0 bridgehead atoms. The second kappa shape index (κ2) is 7.02. The lowest BCUT2D eigenvalue weighted by Gasteiger charge is -2.19. The quantitative estimate of drug-likeness (QED) is 0.721. The first-order valence-corrected chi connectivity index (χ1v) is 9.78. The topological polar surface area (TPSA) is 110 Å². The molecule has 0 amide bonds. The Bertz CT molecular complexity index is 1180. The molecule has 0 unspecified atom stereocenters. The Morgan fingerprint density at radius 3 is 2.39 bits per heavy atom. The van der Waals surface area contributed by atoms with Gasteiger partial charge in [-0.05, 0) is 37.6 Å². The number of benzene rings is 2. The van der Waals surface area contributed by atoms with Gasteiger partial charge in [0.2, 0.25) is 0 Å². The molecule has 0 spiro atoms. The van der Waals surface area contributed by atoms with Gasteiger partial charge in [0.15, 0.2) is 14.6 Å². The molecule has 0 radical (unpaired) electrons. The largest absolute Gasteiger partial charge is 0.382 e. The predicted octanol–water partition coefficient (Wildman–Crippen LogP) is 3.61. The van der Waals surface area contributed by atoms with Crippen LogP contribution in [0.2, 0.25) is 0 Å². The van der Waals surface area contributed by atoms with Gasteiger partial charge in [-0.25, -0.2) is 17.8 Å². The van der Waals surface area contributed by atoms with Gasteiger partial charge < -0.3 is 5.73 Å². The van der Waals surface area contributed by atoms with Crippen LogP contribution in [-0.4, -0.2) is 23.1 Å². The number of rotatable bonds is 4. The number of nitrogen functional groups attached to an aromatic ring is 1. The number of anilines is 1. The monoisotopic (exact) mass is 396 g/mol. The zero-order valence-electron chi connectivity index (χ0n) is 15.2. The number of nitrogens with zero attached hydrogens (tertiary/aromatic N) is 3. The maximum absolute atomic E-state index is 14.7. The van der Waals surface area contributed by atoms with E-state index in [0.717, 1.165) is 0 Å². The zero-order valence-corrected chi connectivity index (χ0v) is 16.0. The van der Waals surface area contributed by atoms with E-state index in [1.54, 1.807) is 24.3 Å². The fourth-order valence-electron chi connectivity index (χ4n) is 2.64. The van der Waals surface area contributed by atoms with Crippen molar-refractivity contribution in [3.63, 3.8) is 0 Å². The van der Waals surface area contributed by atoms with E-state index in [1.807, 2.05) is 6.07 Å². The summed E-state index contributed by atoms with van der Waals surface area (Å²) in [5, 5.41) is 9.27. The summed E-state index contributed by atoms with van der Waals surface area (Å²) in [6.07, 6.45) is 2.69. The Labute approximate surface area is 162 Å². The highest BCUT2D eigenvalue weighted by Gasteiger charge is 2.37. The average Bonchev–Trinajstić information content (AvgIpc) is 2.68. The van der Waals surface area contributed by atoms with Gasteiger partial charge in [0.25, 0.3) is 0 Å². The summed E-state index contributed by atoms with van der Waals surface area (Å²) in [7, 11) is -3.97. The molecule has 2 aromatic carbocycles. The molecule has 3 rings (SSSR count). The second-order valence-corrected chi connectivity index (χ2v) is 9.11. The Hall–Kier alpha value is -3.31. The molecule has 0 saturated carbocycles. The molecule has 0 saturated heterocycles. The van der Waals surface area contributed by atoms with E-state index >= 15 is 0 Å². The van der Waals surface area contributed by atoms with E-state index in [4.69, 9.17) is 5.73 Å². The molecule has 1 aromatic heterocycles. The van der Waals surface area contributed by atoms with Crippen molar-refractivity contribution in [2.24, 2.45) is 0 Å². The van der Waals surface area contributed by atoms with Crippen LogP contribution in [0.15, 0.2) is 59.8 Å². The lowest BCUT2D eigenvalue weighted by Crippen LogP contribution is -2.30. The number of halogens is 1. The standard InChI is InChI=1S/C20H17FN4O2S/c1-20(2,12-22)28(26,27)18-6-4-3-5-14(18)13-7-8-15(16(21)9-13)17-10-25-19(23)11-24-17/h3-11H,1-2H3,(H2,23,25). The molecule has 2 N–H and O–H groups in total. The fourth-order valence-corrected chi connectivity index (χ4v) is 4.05. The summed E-state index contributed by atoms with van der Waals surface area (Å²) < 4.78 is 39.0. The molecule has 0 aliphatic rings. The third-order valence-electron chi connectivity index (χ3n) is 4.35. The summed E-state index contributed by atoms with van der Waals surface area (Å²) in [5.41, 5.74) is 6.72. The molecular formula is C20H17FN4O2S. The SMILES string of the molecule is CC(C)(C#N)S(=O)(=O)c1ccccc1-c1ccc(-c2cnc(N)cn2)c(F)c1. The number of nitrogens with two attached hydrogens (primary N) is 1. The van der Waals surface area contributed by atoms with Crippen molar-refractivity contribution in [3.8, 4) is 28.5 Å². The molecule has 8 heteroatoms. The number of sulfone groups is 1. The lowest BCUT2D eigenvalue weighted by atomic mass is 10.0. The van der Waals surface area contributed by atoms with Crippen molar-refractivity contribution >= 4 is 15.7 Å². The fraction of sp³-hybridized carbons (Fsp3) is 0.150. The summed E-state index contributed by atoms with van der Waals surface area (Å²) in [5.74, 6) is -0.358. The Kier molecular flexibility index (Phi) is 4.87. The predicted molar refractivity (Wildman–Crippen MR) is 104 cm³/mol. The van der Waals surface area contributed by atoms with E-state index < -0.39 is 20.4 Å². The van der Waals surface area contributed by atoms with Crippen LogP contribution in [-0.2, 0) is 9.84 Å². The minimum atomic E-state index is -3.97. The van der Waals surface area contributed by atoms with Crippen molar-refractivity contribution in [2.45, 2.75) is 23.5 Å². The molecule has 1 heterocycles. The van der Waals surface area contributed by atoms with Crippen LogP contribution in [0.25, 0.3) is 22.4 Å². The first-order chi connectivity index (χ1) is 13.2. The molecule has 3 aromatic rings. The highest BCUT2D eigenvalue weighted by atomic mass is 32.2. The van der Waals surface area contributed by atoms with Gasteiger partial charge in [-0.1, -0.05) is 24.3 Å². The maximum Gasteiger partial charge on any atom is 0.197 e. The first kappa shape index (κ1) is 19.5. The van der Waals surface area contributed by atoms with Crippen molar-refractivity contribution in [1.82, 2.24) is 9.97 Å². The van der Waals surface area contributed by atoms with E-state index in [1.165, 1.54) is 44.4 Å². The van der Waals surface area contributed by atoms with Crippen LogP contribution in [0.1, 0.15) is 13.8 Å². The number of nitriles is 1. The van der Waals surface area contributed by atoms with E-state index in [2.05, 4.69) is 9.97 Å². The molecule has 28 heavy (non-hydrogen) atoms. The normalized spacial score (nSPS) is 11.8. The van der Waals surface area contributed by atoms with Crippen molar-refractivity contribution in [2.75, 3.05) is 5.73 Å². The number of aromatic nitrogens is 2. The highest BCUT2D eigenvalue weighted by Crippen LogP contribution is 2.35. The minimum Gasteiger partial charge on any atom is -0.382 e. The molecular weight excluding hydrogens is 379 g/mol.